The van der Waals surface area contributed by atoms with Crippen LogP contribution in [0.2, 0.25) is 0 Å². The molecule has 0 radical (unpaired) electrons. The summed E-state index contributed by atoms with van der Waals surface area (Å²) in [6, 6.07) is 17.6. The molecular formula is C24H24N4O2S. The molecule has 1 unspecified atom stereocenters. The van der Waals surface area contributed by atoms with Crippen molar-refractivity contribution >= 4 is 46.2 Å². The second-order valence-corrected chi connectivity index (χ2v) is 8.85. The molecule has 2 fully saturated rings. The average Bonchev–Trinajstić information content (AvgIpc) is 3.55. The summed E-state index contributed by atoms with van der Waals surface area (Å²) in [6.45, 7) is 1.99. The molecule has 158 valence electrons. The minimum absolute atomic E-state index is 0.0799. The number of amides is 2. The number of rotatable bonds is 7. The van der Waals surface area contributed by atoms with E-state index < -0.39 is 5.25 Å². The molecule has 1 atom stereocenters. The zero-order valence-electron chi connectivity index (χ0n) is 17.2. The third kappa shape index (κ3) is 6.15. The van der Waals surface area contributed by atoms with Crippen molar-refractivity contribution in [1.29, 1.82) is 0 Å². The van der Waals surface area contributed by atoms with Crippen LogP contribution in [0.1, 0.15) is 30.4 Å². The first-order chi connectivity index (χ1) is 15.1. The molecule has 0 bridgehead atoms. The average molecular weight is 433 g/mol. The van der Waals surface area contributed by atoms with Crippen molar-refractivity contribution in [2.75, 3.05) is 5.32 Å². The van der Waals surface area contributed by atoms with E-state index in [4.69, 9.17) is 0 Å². The Morgan fingerprint density at radius 1 is 1.16 bits per heavy atom. The van der Waals surface area contributed by atoms with Crippen molar-refractivity contribution in [2.45, 2.75) is 31.4 Å². The summed E-state index contributed by atoms with van der Waals surface area (Å²) in [4.78, 5) is 24.6. The molecule has 31 heavy (non-hydrogen) atoms. The van der Waals surface area contributed by atoms with Gasteiger partial charge in [0.15, 0.2) is 5.17 Å². The topological polar surface area (TPSA) is 82.9 Å². The standard InChI is InChI=1S/C24H24N4O2S/c1-16-7-12-19(13-8-16)25-22(29)15-21-23(30)26-24(31-21)28-27-20(18-10-11-18)14-9-17-5-3-2-4-6-17/h2-9,12-14,18,21H,10-11,15H2,1H3,(H,25,29)(H,26,28,30)/b14-9+,27-20-. The highest BCUT2D eigenvalue weighted by atomic mass is 32.2. The molecule has 2 amide bonds. The van der Waals surface area contributed by atoms with E-state index >= 15 is 0 Å². The normalized spacial score (nSPS) is 20.3. The minimum atomic E-state index is -0.511. The van der Waals surface area contributed by atoms with E-state index in [0.717, 1.165) is 35.4 Å². The quantitative estimate of drug-likeness (QED) is 0.503. The number of carbonyl (C=O) groups excluding carboxylic acids is 2. The highest BCUT2D eigenvalue weighted by Gasteiger charge is 2.32. The third-order valence-electron chi connectivity index (χ3n) is 4.98. The number of thioether (sulfide) groups is 1. The molecule has 2 aliphatic rings. The Morgan fingerprint density at radius 3 is 2.61 bits per heavy atom. The predicted molar refractivity (Wildman–Crippen MR) is 127 cm³/mol. The van der Waals surface area contributed by atoms with Crippen molar-refractivity contribution in [1.82, 2.24) is 5.32 Å². The number of anilines is 1. The molecule has 2 aromatic carbocycles. The zero-order valence-corrected chi connectivity index (χ0v) is 18.1. The molecule has 1 aliphatic heterocycles. The second-order valence-electron chi connectivity index (χ2n) is 7.66. The lowest BCUT2D eigenvalue weighted by molar-refractivity contribution is -0.122. The highest BCUT2D eigenvalue weighted by molar-refractivity contribution is 8.15. The van der Waals surface area contributed by atoms with Gasteiger partial charge in [0.2, 0.25) is 11.8 Å². The van der Waals surface area contributed by atoms with Crippen LogP contribution >= 0.6 is 11.8 Å². The van der Waals surface area contributed by atoms with Crippen LogP contribution in [0.5, 0.6) is 0 Å². The van der Waals surface area contributed by atoms with E-state index in [1.54, 1.807) is 0 Å². The number of nitrogens with one attached hydrogen (secondary N) is 2. The van der Waals surface area contributed by atoms with Crippen LogP contribution in [0.4, 0.5) is 5.69 Å². The fraction of sp³-hybridized carbons (Fsp3) is 0.250. The van der Waals surface area contributed by atoms with Crippen LogP contribution in [0.25, 0.3) is 6.08 Å². The summed E-state index contributed by atoms with van der Waals surface area (Å²) >= 11 is 1.25. The van der Waals surface area contributed by atoms with Gasteiger partial charge in [0.05, 0.1) is 5.71 Å². The molecule has 1 saturated carbocycles. The van der Waals surface area contributed by atoms with Crippen LogP contribution in [-0.4, -0.2) is 27.9 Å². The SMILES string of the molecule is Cc1ccc(NC(=O)CC2S/C(=N/N=C(/C=C/c3ccccc3)C3CC3)NC2=O)cc1. The van der Waals surface area contributed by atoms with Crippen LogP contribution in [-0.2, 0) is 9.59 Å². The van der Waals surface area contributed by atoms with Crippen molar-refractivity contribution < 1.29 is 9.59 Å². The van der Waals surface area contributed by atoms with Gasteiger partial charge in [-0.2, -0.15) is 5.10 Å². The number of hydrogen-bond donors (Lipinski definition) is 2. The van der Waals surface area contributed by atoms with Crippen LogP contribution in [0.15, 0.2) is 70.9 Å². The first kappa shape index (κ1) is 21.1. The van der Waals surface area contributed by atoms with Crippen molar-refractivity contribution in [3.63, 3.8) is 0 Å². The second kappa shape index (κ2) is 9.75. The third-order valence-corrected chi connectivity index (χ3v) is 6.05. The van der Waals surface area contributed by atoms with Gasteiger partial charge in [0.25, 0.3) is 0 Å². The Labute approximate surface area is 185 Å². The summed E-state index contributed by atoms with van der Waals surface area (Å²) in [5.41, 5.74) is 3.85. The molecule has 2 N–H and O–H groups in total. The Hall–Kier alpha value is -3.19. The molecule has 4 rings (SSSR count). The molecule has 1 heterocycles. The smallest absolute Gasteiger partial charge is 0.240 e. The van der Waals surface area contributed by atoms with Crippen LogP contribution < -0.4 is 10.6 Å². The van der Waals surface area contributed by atoms with Gasteiger partial charge in [-0.1, -0.05) is 65.9 Å². The van der Waals surface area contributed by atoms with Gasteiger partial charge in [-0.3, -0.25) is 9.59 Å². The molecule has 1 saturated heterocycles. The maximum absolute atomic E-state index is 12.3. The number of carbonyl (C=O) groups is 2. The largest absolute Gasteiger partial charge is 0.326 e. The number of nitrogens with zero attached hydrogens (tertiary/aromatic N) is 2. The van der Waals surface area contributed by atoms with E-state index in [0.29, 0.717) is 11.1 Å². The van der Waals surface area contributed by atoms with Gasteiger partial charge in [0.1, 0.15) is 5.25 Å². The number of hydrogen-bond acceptors (Lipinski definition) is 5. The van der Waals surface area contributed by atoms with Crippen molar-refractivity contribution in [3.05, 3.63) is 71.8 Å². The molecular weight excluding hydrogens is 408 g/mol. The maximum atomic E-state index is 12.3. The predicted octanol–water partition coefficient (Wildman–Crippen LogP) is 4.39. The lowest BCUT2D eigenvalue weighted by atomic mass is 10.1. The van der Waals surface area contributed by atoms with Gasteiger partial charge in [-0.05, 0) is 43.5 Å². The summed E-state index contributed by atoms with van der Waals surface area (Å²) in [7, 11) is 0. The summed E-state index contributed by atoms with van der Waals surface area (Å²) in [5, 5.41) is 14.1. The molecule has 7 heteroatoms. The van der Waals surface area contributed by atoms with Gasteiger partial charge in [0, 0.05) is 18.0 Å². The summed E-state index contributed by atoms with van der Waals surface area (Å²) < 4.78 is 0. The Balaban J connectivity index is 1.36. The Kier molecular flexibility index (Phi) is 6.62. The Bertz CT molecular complexity index is 1040. The van der Waals surface area contributed by atoms with Crippen LogP contribution in [0.3, 0.4) is 0 Å². The lowest BCUT2D eigenvalue weighted by Gasteiger charge is -2.07. The number of allylic oxidation sites excluding steroid dienone is 1. The minimum Gasteiger partial charge on any atom is -0.326 e. The molecule has 1 aliphatic carbocycles. The molecule has 0 spiro atoms. The van der Waals surface area contributed by atoms with Gasteiger partial charge < -0.3 is 10.6 Å². The van der Waals surface area contributed by atoms with E-state index in [-0.39, 0.29) is 18.2 Å². The molecule has 6 nitrogen and oxygen atoms in total. The molecule has 0 aromatic heterocycles. The lowest BCUT2D eigenvalue weighted by Crippen LogP contribution is -2.28. The number of aryl methyl sites for hydroxylation is 1. The van der Waals surface area contributed by atoms with Crippen molar-refractivity contribution in [3.8, 4) is 0 Å². The first-order valence-electron chi connectivity index (χ1n) is 10.3. The Morgan fingerprint density at radius 2 is 1.90 bits per heavy atom. The highest BCUT2D eigenvalue weighted by Crippen LogP contribution is 2.32. The van der Waals surface area contributed by atoms with E-state index in [1.165, 1.54) is 11.8 Å². The molecule has 2 aromatic rings. The fourth-order valence-electron chi connectivity index (χ4n) is 3.08. The van der Waals surface area contributed by atoms with Gasteiger partial charge in [-0.15, -0.1) is 5.10 Å². The van der Waals surface area contributed by atoms with Crippen LogP contribution in [0, 0.1) is 12.8 Å². The first-order valence-corrected chi connectivity index (χ1v) is 11.2. The monoisotopic (exact) mass is 432 g/mol. The maximum Gasteiger partial charge on any atom is 0.240 e. The summed E-state index contributed by atoms with van der Waals surface area (Å²) in [6.07, 6.45) is 6.30. The van der Waals surface area contributed by atoms with Gasteiger partial charge in [-0.25, -0.2) is 0 Å². The van der Waals surface area contributed by atoms with E-state index in [1.807, 2.05) is 73.7 Å². The fourth-order valence-corrected chi connectivity index (χ4v) is 4.00. The van der Waals surface area contributed by atoms with E-state index in [9.17, 15) is 9.59 Å². The van der Waals surface area contributed by atoms with Crippen molar-refractivity contribution in [2.24, 2.45) is 16.1 Å². The number of benzene rings is 2. The number of amidine groups is 1. The van der Waals surface area contributed by atoms with Gasteiger partial charge >= 0.3 is 0 Å². The summed E-state index contributed by atoms with van der Waals surface area (Å²) in [5.74, 6) is -0.000903. The van der Waals surface area contributed by atoms with E-state index in [2.05, 4.69) is 20.8 Å². The zero-order chi connectivity index (χ0) is 21.6.